The molecule has 2 heterocycles. The third-order valence-corrected chi connectivity index (χ3v) is 3.65. The molecule has 0 radical (unpaired) electrons. The van der Waals surface area contributed by atoms with Crippen LogP contribution in [0.5, 0.6) is 0 Å². The summed E-state index contributed by atoms with van der Waals surface area (Å²) in [7, 11) is 0. The molecule has 0 spiro atoms. The Morgan fingerprint density at radius 3 is 2.80 bits per heavy atom. The third kappa shape index (κ3) is 2.58. The Hall–Kier alpha value is -2.14. The minimum Gasteiger partial charge on any atom is -0.346 e. The molecule has 0 aliphatic carbocycles. The number of aromatic nitrogens is 2. The van der Waals surface area contributed by atoms with E-state index in [0.29, 0.717) is 12.1 Å². The summed E-state index contributed by atoms with van der Waals surface area (Å²) in [6.07, 6.45) is 3.84. The highest BCUT2D eigenvalue weighted by atomic mass is 79.9. The molecule has 2 aromatic heterocycles. The Morgan fingerprint density at radius 1 is 1.20 bits per heavy atom. The average molecular weight is 330 g/mol. The van der Waals surface area contributed by atoms with E-state index in [1.165, 1.54) is 0 Å². The van der Waals surface area contributed by atoms with Crippen LogP contribution >= 0.6 is 15.9 Å². The van der Waals surface area contributed by atoms with Gasteiger partial charge in [0.2, 0.25) is 0 Å². The molecule has 0 saturated heterocycles. The highest BCUT2D eigenvalue weighted by Gasteiger charge is 2.09. The number of nitrogens with zero attached hydrogens (tertiary/aromatic N) is 2. The van der Waals surface area contributed by atoms with Crippen molar-refractivity contribution in [3.8, 4) is 0 Å². The zero-order chi connectivity index (χ0) is 13.9. The highest BCUT2D eigenvalue weighted by Crippen LogP contribution is 2.15. The number of benzene rings is 1. The first-order valence-corrected chi connectivity index (χ1v) is 6.99. The maximum absolute atomic E-state index is 12.1. The standard InChI is InChI=1S/C15H12BrN3O/c16-13-6-2-1-5-12(13)15(20)17-9-11-10-19-8-4-3-7-14(19)18-11/h1-8,10H,9H2,(H,17,20). The molecule has 0 aliphatic heterocycles. The topological polar surface area (TPSA) is 46.4 Å². The van der Waals surface area contributed by atoms with Gasteiger partial charge in [0.05, 0.1) is 17.8 Å². The van der Waals surface area contributed by atoms with Gasteiger partial charge in [0.15, 0.2) is 0 Å². The van der Waals surface area contributed by atoms with Crippen molar-refractivity contribution in [1.82, 2.24) is 14.7 Å². The summed E-state index contributed by atoms with van der Waals surface area (Å²) in [5.74, 6) is -0.116. The van der Waals surface area contributed by atoms with Crippen molar-refractivity contribution in [2.75, 3.05) is 0 Å². The molecule has 3 aromatic rings. The van der Waals surface area contributed by atoms with E-state index in [1.807, 2.05) is 53.2 Å². The van der Waals surface area contributed by atoms with E-state index in [9.17, 15) is 4.79 Å². The third-order valence-electron chi connectivity index (χ3n) is 2.96. The average Bonchev–Trinajstić information content (AvgIpc) is 2.88. The van der Waals surface area contributed by atoms with Gasteiger partial charge in [-0.2, -0.15) is 0 Å². The Balaban J connectivity index is 1.73. The monoisotopic (exact) mass is 329 g/mol. The molecule has 0 aliphatic rings. The second kappa shape index (κ2) is 5.46. The number of imidazole rings is 1. The van der Waals surface area contributed by atoms with Gasteiger partial charge >= 0.3 is 0 Å². The number of carbonyl (C=O) groups excluding carboxylic acids is 1. The maximum atomic E-state index is 12.1. The summed E-state index contributed by atoms with van der Waals surface area (Å²) in [4.78, 5) is 16.5. The van der Waals surface area contributed by atoms with Gasteiger partial charge in [-0.15, -0.1) is 0 Å². The highest BCUT2D eigenvalue weighted by molar-refractivity contribution is 9.10. The van der Waals surface area contributed by atoms with Gasteiger partial charge in [-0.1, -0.05) is 18.2 Å². The van der Waals surface area contributed by atoms with E-state index >= 15 is 0 Å². The van der Waals surface area contributed by atoms with Gasteiger partial charge in [-0.25, -0.2) is 4.98 Å². The molecule has 4 nitrogen and oxygen atoms in total. The van der Waals surface area contributed by atoms with Crippen LogP contribution in [0, 0.1) is 0 Å². The number of rotatable bonds is 3. The quantitative estimate of drug-likeness (QED) is 0.802. The first kappa shape index (κ1) is 12.9. The molecule has 1 amide bonds. The molecule has 0 fully saturated rings. The minimum absolute atomic E-state index is 0.116. The molecule has 5 heteroatoms. The summed E-state index contributed by atoms with van der Waals surface area (Å²) in [5.41, 5.74) is 2.32. The fourth-order valence-corrected chi connectivity index (χ4v) is 2.45. The van der Waals surface area contributed by atoms with Crippen LogP contribution in [0.4, 0.5) is 0 Å². The molecular formula is C15H12BrN3O. The summed E-state index contributed by atoms with van der Waals surface area (Å²) in [6.45, 7) is 0.405. The second-order valence-electron chi connectivity index (χ2n) is 4.36. The Bertz CT molecular complexity index is 733. The number of hydrogen-bond donors (Lipinski definition) is 1. The lowest BCUT2D eigenvalue weighted by atomic mass is 10.2. The molecule has 0 unspecified atom stereocenters. The van der Waals surface area contributed by atoms with Gasteiger partial charge < -0.3 is 9.72 Å². The number of pyridine rings is 1. The van der Waals surface area contributed by atoms with Crippen molar-refractivity contribution in [2.45, 2.75) is 6.54 Å². The molecule has 0 saturated carbocycles. The summed E-state index contributed by atoms with van der Waals surface area (Å²) >= 11 is 3.37. The van der Waals surface area contributed by atoms with Crippen molar-refractivity contribution in [3.63, 3.8) is 0 Å². The van der Waals surface area contributed by atoms with E-state index in [0.717, 1.165) is 15.8 Å². The van der Waals surface area contributed by atoms with Gasteiger partial charge in [-0.3, -0.25) is 4.79 Å². The van der Waals surface area contributed by atoms with Gasteiger partial charge in [0.1, 0.15) is 5.65 Å². The largest absolute Gasteiger partial charge is 0.346 e. The Labute approximate surface area is 124 Å². The molecule has 1 aromatic carbocycles. The van der Waals surface area contributed by atoms with Crippen molar-refractivity contribution in [3.05, 3.63) is 70.6 Å². The van der Waals surface area contributed by atoms with Crippen LogP contribution in [0.1, 0.15) is 16.1 Å². The molecule has 0 atom stereocenters. The zero-order valence-corrected chi connectivity index (χ0v) is 12.2. The summed E-state index contributed by atoms with van der Waals surface area (Å²) < 4.78 is 2.72. The van der Waals surface area contributed by atoms with Crippen molar-refractivity contribution >= 4 is 27.5 Å². The summed E-state index contributed by atoms with van der Waals surface area (Å²) in [6, 6.07) is 13.2. The van der Waals surface area contributed by atoms with E-state index in [2.05, 4.69) is 26.2 Å². The Morgan fingerprint density at radius 2 is 2.00 bits per heavy atom. The van der Waals surface area contributed by atoms with Crippen LogP contribution < -0.4 is 5.32 Å². The van der Waals surface area contributed by atoms with E-state index in [4.69, 9.17) is 0 Å². The van der Waals surface area contributed by atoms with Crippen LogP contribution in [0.25, 0.3) is 5.65 Å². The zero-order valence-electron chi connectivity index (χ0n) is 10.6. The smallest absolute Gasteiger partial charge is 0.252 e. The number of hydrogen-bond acceptors (Lipinski definition) is 2. The molecule has 3 rings (SSSR count). The van der Waals surface area contributed by atoms with E-state index in [-0.39, 0.29) is 5.91 Å². The van der Waals surface area contributed by atoms with Crippen LogP contribution in [0.3, 0.4) is 0 Å². The first-order chi connectivity index (χ1) is 9.74. The van der Waals surface area contributed by atoms with Crippen molar-refractivity contribution < 1.29 is 4.79 Å². The molecular weight excluding hydrogens is 318 g/mol. The minimum atomic E-state index is -0.116. The lowest BCUT2D eigenvalue weighted by Gasteiger charge is -2.04. The number of carbonyl (C=O) groups is 1. The lowest BCUT2D eigenvalue weighted by molar-refractivity contribution is 0.0949. The normalized spacial score (nSPS) is 10.7. The number of fused-ring (bicyclic) bond motifs is 1. The molecule has 0 bridgehead atoms. The Kier molecular flexibility index (Phi) is 3.52. The number of nitrogens with one attached hydrogen (secondary N) is 1. The van der Waals surface area contributed by atoms with E-state index < -0.39 is 0 Å². The number of amides is 1. The predicted molar refractivity (Wildman–Crippen MR) is 80.5 cm³/mol. The van der Waals surface area contributed by atoms with Crippen LogP contribution in [-0.2, 0) is 6.54 Å². The summed E-state index contributed by atoms with van der Waals surface area (Å²) in [5, 5.41) is 2.87. The fraction of sp³-hybridized carbons (Fsp3) is 0.0667. The molecule has 1 N–H and O–H groups in total. The van der Waals surface area contributed by atoms with Crippen molar-refractivity contribution in [2.24, 2.45) is 0 Å². The SMILES string of the molecule is O=C(NCc1cn2ccccc2n1)c1ccccc1Br. The lowest BCUT2D eigenvalue weighted by Crippen LogP contribution is -2.23. The van der Waals surface area contributed by atoms with E-state index in [1.54, 1.807) is 6.07 Å². The van der Waals surface area contributed by atoms with Gasteiger partial charge in [0, 0.05) is 16.9 Å². The second-order valence-corrected chi connectivity index (χ2v) is 5.22. The maximum Gasteiger partial charge on any atom is 0.252 e. The fourth-order valence-electron chi connectivity index (χ4n) is 1.98. The van der Waals surface area contributed by atoms with Crippen LogP contribution in [0.15, 0.2) is 59.3 Å². The van der Waals surface area contributed by atoms with Crippen LogP contribution in [-0.4, -0.2) is 15.3 Å². The van der Waals surface area contributed by atoms with Crippen molar-refractivity contribution in [1.29, 1.82) is 0 Å². The first-order valence-electron chi connectivity index (χ1n) is 6.19. The van der Waals surface area contributed by atoms with Gasteiger partial charge in [0.25, 0.3) is 5.91 Å². The predicted octanol–water partition coefficient (Wildman–Crippen LogP) is 3.03. The number of halogens is 1. The van der Waals surface area contributed by atoms with Gasteiger partial charge in [-0.05, 0) is 40.2 Å². The molecule has 100 valence electrons. The molecule has 20 heavy (non-hydrogen) atoms. The van der Waals surface area contributed by atoms with Crippen LogP contribution in [0.2, 0.25) is 0 Å².